The molecule has 1 rings (SSSR count). The van der Waals surface area contributed by atoms with Gasteiger partial charge < -0.3 is 15.5 Å². The normalized spacial score (nSPS) is 20.7. The van der Waals surface area contributed by atoms with E-state index in [-0.39, 0.29) is 18.8 Å². The number of hydrogen-bond acceptors (Lipinski definition) is 5. The van der Waals surface area contributed by atoms with E-state index in [2.05, 4.69) is 5.32 Å². The van der Waals surface area contributed by atoms with Crippen LogP contribution in [0.3, 0.4) is 0 Å². The zero-order valence-corrected chi connectivity index (χ0v) is 13.0. The Hall–Kier alpha value is -1.19. The highest BCUT2D eigenvalue weighted by Crippen LogP contribution is 2.20. The van der Waals surface area contributed by atoms with Crippen LogP contribution < -0.4 is 5.32 Å². The molecule has 0 spiro atoms. The second-order valence-electron chi connectivity index (χ2n) is 5.14. The molecule has 1 aliphatic heterocycles. The summed E-state index contributed by atoms with van der Waals surface area (Å²) in [5.74, 6) is -2.18. The van der Waals surface area contributed by atoms with E-state index in [1.165, 1.54) is 11.2 Å². The average Bonchev–Trinajstić information content (AvgIpc) is 2.43. The Labute approximate surface area is 124 Å². The van der Waals surface area contributed by atoms with Crippen molar-refractivity contribution in [2.75, 3.05) is 18.8 Å². The van der Waals surface area contributed by atoms with Gasteiger partial charge in [0.15, 0.2) is 6.04 Å². The first-order valence-corrected chi connectivity index (χ1v) is 8.49. The molecule has 9 heteroatoms. The number of nitrogens with zero attached hydrogens (tertiary/aromatic N) is 1. The number of amides is 1. The number of rotatable bonds is 6. The fraction of sp³-hybridized carbons (Fsp3) is 0.833. The van der Waals surface area contributed by atoms with Gasteiger partial charge in [0.05, 0.1) is 11.9 Å². The van der Waals surface area contributed by atoms with Gasteiger partial charge in [0.2, 0.25) is 15.9 Å². The summed E-state index contributed by atoms with van der Waals surface area (Å²) in [6.07, 6.45) is -0.513. The highest BCUT2D eigenvalue weighted by molar-refractivity contribution is 7.89. The first-order chi connectivity index (χ1) is 9.69. The molecule has 0 aliphatic carbocycles. The van der Waals surface area contributed by atoms with Crippen molar-refractivity contribution in [1.82, 2.24) is 9.62 Å². The Morgan fingerprint density at radius 2 is 1.86 bits per heavy atom. The number of sulfonamides is 1. The fourth-order valence-electron chi connectivity index (χ4n) is 2.24. The summed E-state index contributed by atoms with van der Waals surface area (Å²) in [5, 5.41) is 20.5. The van der Waals surface area contributed by atoms with Crippen LogP contribution in [0.1, 0.15) is 26.7 Å². The molecule has 1 saturated heterocycles. The molecule has 0 saturated carbocycles. The molecule has 8 nitrogen and oxygen atoms in total. The largest absolute Gasteiger partial charge is 0.480 e. The van der Waals surface area contributed by atoms with Gasteiger partial charge in [0.1, 0.15) is 0 Å². The molecule has 1 amide bonds. The maximum atomic E-state index is 12.0. The molecule has 0 bridgehead atoms. The van der Waals surface area contributed by atoms with Crippen LogP contribution in [0.5, 0.6) is 0 Å². The van der Waals surface area contributed by atoms with Crippen LogP contribution in [0, 0.1) is 5.92 Å². The average molecular weight is 322 g/mol. The quantitative estimate of drug-likeness (QED) is 0.576. The van der Waals surface area contributed by atoms with Gasteiger partial charge in [0, 0.05) is 19.0 Å². The molecule has 2 atom stereocenters. The number of carboxylic acids is 1. The van der Waals surface area contributed by atoms with E-state index in [0.717, 1.165) is 0 Å². The molecule has 2 unspecified atom stereocenters. The van der Waals surface area contributed by atoms with Gasteiger partial charge in [-0.05, 0) is 26.7 Å². The number of aliphatic hydroxyl groups is 1. The number of aliphatic carboxylic acids is 1. The summed E-state index contributed by atoms with van der Waals surface area (Å²) in [6.45, 7) is 3.35. The second kappa shape index (κ2) is 7.19. The lowest BCUT2D eigenvalue weighted by molar-refractivity contribution is -0.145. The standard InChI is InChI=1S/C12H22N2O6S/c1-3-21(19,20)14-6-4-9(5-7-14)11(16)13-10(8(2)15)12(17)18/h8-10,15H,3-7H2,1-2H3,(H,13,16)(H,17,18). The van der Waals surface area contributed by atoms with Crippen molar-refractivity contribution in [3.05, 3.63) is 0 Å². The van der Waals surface area contributed by atoms with Crippen molar-refractivity contribution >= 4 is 21.9 Å². The molecule has 1 aliphatic rings. The van der Waals surface area contributed by atoms with Gasteiger partial charge in [-0.15, -0.1) is 0 Å². The smallest absolute Gasteiger partial charge is 0.328 e. The lowest BCUT2D eigenvalue weighted by Gasteiger charge is -2.31. The Balaban J connectivity index is 2.58. The van der Waals surface area contributed by atoms with Gasteiger partial charge in [0.25, 0.3) is 0 Å². The third-order valence-electron chi connectivity index (χ3n) is 3.63. The minimum atomic E-state index is -3.25. The van der Waals surface area contributed by atoms with Crippen LogP contribution in [0.15, 0.2) is 0 Å². The predicted octanol–water partition coefficient (Wildman–Crippen LogP) is -1.00. The highest BCUT2D eigenvalue weighted by Gasteiger charge is 2.33. The van der Waals surface area contributed by atoms with E-state index in [9.17, 15) is 23.1 Å². The van der Waals surface area contributed by atoms with Crippen LogP contribution >= 0.6 is 0 Å². The molecular formula is C12H22N2O6S. The summed E-state index contributed by atoms with van der Waals surface area (Å²) in [4.78, 5) is 22.9. The molecular weight excluding hydrogens is 300 g/mol. The first-order valence-electron chi connectivity index (χ1n) is 6.88. The van der Waals surface area contributed by atoms with E-state index < -0.39 is 40.0 Å². The Morgan fingerprint density at radius 1 is 1.33 bits per heavy atom. The molecule has 0 aromatic heterocycles. The zero-order valence-electron chi connectivity index (χ0n) is 12.2. The fourth-order valence-corrected chi connectivity index (χ4v) is 3.37. The first kappa shape index (κ1) is 17.9. The van der Waals surface area contributed by atoms with Gasteiger partial charge >= 0.3 is 5.97 Å². The Bertz CT molecular complexity index is 482. The molecule has 1 fully saturated rings. The van der Waals surface area contributed by atoms with Gasteiger partial charge in [-0.25, -0.2) is 17.5 Å². The number of piperidine rings is 1. The summed E-state index contributed by atoms with van der Waals surface area (Å²) in [7, 11) is -3.25. The predicted molar refractivity (Wildman–Crippen MR) is 75.0 cm³/mol. The molecule has 21 heavy (non-hydrogen) atoms. The maximum Gasteiger partial charge on any atom is 0.328 e. The molecule has 0 aromatic rings. The van der Waals surface area contributed by atoms with Crippen LogP contribution in [0.2, 0.25) is 0 Å². The number of hydrogen-bond donors (Lipinski definition) is 3. The van der Waals surface area contributed by atoms with E-state index in [1.807, 2.05) is 0 Å². The van der Waals surface area contributed by atoms with Gasteiger partial charge in [-0.3, -0.25) is 4.79 Å². The van der Waals surface area contributed by atoms with E-state index in [4.69, 9.17) is 5.11 Å². The molecule has 0 radical (unpaired) electrons. The third-order valence-corrected chi connectivity index (χ3v) is 5.51. The highest BCUT2D eigenvalue weighted by atomic mass is 32.2. The maximum absolute atomic E-state index is 12.0. The topological polar surface area (TPSA) is 124 Å². The van der Waals surface area contributed by atoms with Crippen molar-refractivity contribution in [1.29, 1.82) is 0 Å². The molecule has 3 N–H and O–H groups in total. The van der Waals surface area contributed by atoms with Crippen molar-refractivity contribution in [3.63, 3.8) is 0 Å². The zero-order chi connectivity index (χ0) is 16.2. The van der Waals surface area contributed by atoms with Crippen molar-refractivity contribution in [2.45, 2.75) is 38.8 Å². The number of nitrogens with one attached hydrogen (secondary N) is 1. The third kappa shape index (κ3) is 4.65. The van der Waals surface area contributed by atoms with Gasteiger partial charge in [-0.2, -0.15) is 0 Å². The van der Waals surface area contributed by atoms with Gasteiger partial charge in [-0.1, -0.05) is 0 Å². The lowest BCUT2D eigenvalue weighted by atomic mass is 9.96. The second-order valence-corrected chi connectivity index (χ2v) is 7.40. The van der Waals surface area contributed by atoms with E-state index >= 15 is 0 Å². The Morgan fingerprint density at radius 3 is 2.24 bits per heavy atom. The number of carbonyl (C=O) groups is 2. The summed E-state index contributed by atoms with van der Waals surface area (Å²) >= 11 is 0. The molecule has 0 aromatic carbocycles. The van der Waals surface area contributed by atoms with Crippen LogP contribution in [0.25, 0.3) is 0 Å². The van der Waals surface area contributed by atoms with Crippen LogP contribution in [-0.2, 0) is 19.6 Å². The lowest BCUT2D eigenvalue weighted by Crippen LogP contribution is -2.51. The minimum absolute atomic E-state index is 0.0208. The summed E-state index contributed by atoms with van der Waals surface area (Å²) in [5.41, 5.74) is 0. The summed E-state index contributed by atoms with van der Waals surface area (Å²) < 4.78 is 24.8. The number of aliphatic hydroxyl groups excluding tert-OH is 1. The van der Waals surface area contributed by atoms with Crippen LogP contribution in [-0.4, -0.2) is 65.8 Å². The number of carbonyl (C=O) groups excluding carboxylic acids is 1. The summed E-state index contributed by atoms with van der Waals surface area (Å²) in [6, 6.07) is -1.35. The number of carboxylic acid groups (broad SMARTS) is 1. The van der Waals surface area contributed by atoms with E-state index in [0.29, 0.717) is 12.8 Å². The monoisotopic (exact) mass is 322 g/mol. The Kier molecular flexibility index (Phi) is 6.11. The van der Waals surface area contributed by atoms with Crippen molar-refractivity contribution < 1.29 is 28.2 Å². The van der Waals surface area contributed by atoms with E-state index in [1.54, 1.807) is 6.92 Å². The molecule has 122 valence electrons. The van der Waals surface area contributed by atoms with Crippen molar-refractivity contribution in [2.24, 2.45) is 5.92 Å². The van der Waals surface area contributed by atoms with Crippen molar-refractivity contribution in [3.8, 4) is 0 Å². The SMILES string of the molecule is CCS(=O)(=O)N1CCC(C(=O)NC(C(=O)O)C(C)O)CC1. The minimum Gasteiger partial charge on any atom is -0.480 e. The van der Waals surface area contributed by atoms with Crippen LogP contribution in [0.4, 0.5) is 0 Å². The molecule has 1 heterocycles.